The van der Waals surface area contributed by atoms with Gasteiger partial charge in [0.05, 0.1) is 11.7 Å². The largest absolute Gasteiger partial charge is 0.384 e. The van der Waals surface area contributed by atoms with Gasteiger partial charge >= 0.3 is 0 Å². The van der Waals surface area contributed by atoms with Crippen LogP contribution in [-0.2, 0) is 10.3 Å². The van der Waals surface area contributed by atoms with E-state index < -0.39 is 5.60 Å². The van der Waals surface area contributed by atoms with Crippen LogP contribution < -0.4 is 5.32 Å². The molecule has 4 heteroatoms. The van der Waals surface area contributed by atoms with Gasteiger partial charge in [0.15, 0.2) is 0 Å². The lowest BCUT2D eigenvalue weighted by Gasteiger charge is -2.26. The van der Waals surface area contributed by atoms with Crippen molar-refractivity contribution in [3.63, 3.8) is 0 Å². The summed E-state index contributed by atoms with van der Waals surface area (Å²) in [4.78, 5) is 0. The van der Waals surface area contributed by atoms with E-state index in [9.17, 15) is 5.11 Å². The van der Waals surface area contributed by atoms with Gasteiger partial charge in [-0.3, -0.25) is 0 Å². The summed E-state index contributed by atoms with van der Waals surface area (Å²) in [5, 5.41) is 17.7. The Hall–Kier alpha value is -0.420. The number of hydrogen-bond donors (Lipinski definition) is 2. The molecular weight excluding hydrogens is 222 g/mol. The maximum atomic E-state index is 10.3. The second-order valence-electron chi connectivity index (χ2n) is 4.64. The molecule has 0 saturated carbocycles. The van der Waals surface area contributed by atoms with Gasteiger partial charge in [-0.1, -0.05) is 0 Å². The van der Waals surface area contributed by atoms with Crippen LogP contribution in [0.5, 0.6) is 0 Å². The van der Waals surface area contributed by atoms with Crippen LogP contribution in [0.25, 0.3) is 0 Å². The Morgan fingerprint density at radius 2 is 2.50 bits per heavy atom. The number of rotatable bonds is 4. The normalized spacial score (nSPS) is 29.2. The predicted molar refractivity (Wildman–Crippen MR) is 65.7 cm³/mol. The first-order valence-electron chi connectivity index (χ1n) is 5.69. The molecule has 1 aliphatic rings. The lowest BCUT2D eigenvalue weighted by Crippen LogP contribution is -2.43. The van der Waals surface area contributed by atoms with Crippen molar-refractivity contribution in [1.29, 1.82) is 0 Å². The molecular formula is C12H19NO2S. The molecule has 0 aromatic carbocycles. The molecule has 16 heavy (non-hydrogen) atoms. The minimum Gasteiger partial charge on any atom is -0.384 e. The average molecular weight is 241 g/mol. The first-order chi connectivity index (χ1) is 7.59. The van der Waals surface area contributed by atoms with Crippen LogP contribution in [0.3, 0.4) is 0 Å². The molecule has 1 saturated heterocycles. The lowest BCUT2D eigenvalue weighted by molar-refractivity contribution is 0.0486. The third-order valence-electron chi connectivity index (χ3n) is 3.23. The molecule has 1 aromatic heterocycles. The van der Waals surface area contributed by atoms with Gasteiger partial charge in [0.2, 0.25) is 0 Å². The topological polar surface area (TPSA) is 41.5 Å². The Morgan fingerprint density at radius 3 is 3.06 bits per heavy atom. The molecule has 1 aliphatic heterocycles. The molecule has 90 valence electrons. The maximum absolute atomic E-state index is 10.3. The van der Waals surface area contributed by atoms with E-state index in [-0.39, 0.29) is 6.10 Å². The second-order valence-corrected chi connectivity index (χ2v) is 5.42. The Bertz CT molecular complexity index is 324. The molecule has 0 amide bonds. The number of ether oxygens (including phenoxy) is 1. The first kappa shape index (κ1) is 12.0. The minimum atomic E-state index is -0.789. The van der Waals surface area contributed by atoms with Gasteiger partial charge in [-0.15, -0.1) is 0 Å². The summed E-state index contributed by atoms with van der Waals surface area (Å²) in [5.74, 6) is 0. The van der Waals surface area contributed by atoms with Gasteiger partial charge in [-0.25, -0.2) is 0 Å². The van der Waals surface area contributed by atoms with Crippen molar-refractivity contribution < 1.29 is 9.84 Å². The van der Waals surface area contributed by atoms with Gasteiger partial charge in [0, 0.05) is 19.2 Å². The summed E-state index contributed by atoms with van der Waals surface area (Å²) in [7, 11) is 0. The number of thiophene rings is 1. The minimum absolute atomic E-state index is 0.248. The quantitative estimate of drug-likeness (QED) is 0.843. The lowest BCUT2D eigenvalue weighted by atomic mass is 9.98. The number of hydrogen-bond acceptors (Lipinski definition) is 4. The molecule has 2 heterocycles. The van der Waals surface area contributed by atoms with Crippen molar-refractivity contribution >= 4 is 11.3 Å². The molecule has 3 atom stereocenters. The van der Waals surface area contributed by atoms with Crippen LogP contribution >= 0.6 is 11.3 Å². The van der Waals surface area contributed by atoms with Gasteiger partial charge in [0.25, 0.3) is 0 Å². The summed E-state index contributed by atoms with van der Waals surface area (Å²) in [6.07, 6.45) is 1.28. The summed E-state index contributed by atoms with van der Waals surface area (Å²) in [6, 6.07) is 2.34. The van der Waals surface area contributed by atoms with E-state index in [1.807, 2.05) is 23.8 Å². The average Bonchev–Trinajstić information content (AvgIpc) is 2.85. The maximum Gasteiger partial charge on any atom is 0.1000 e. The first-order valence-corrected chi connectivity index (χ1v) is 6.64. The summed E-state index contributed by atoms with van der Waals surface area (Å²) >= 11 is 1.61. The van der Waals surface area contributed by atoms with Gasteiger partial charge < -0.3 is 15.2 Å². The second kappa shape index (κ2) is 4.84. The third kappa shape index (κ3) is 2.63. The van der Waals surface area contributed by atoms with Crippen molar-refractivity contribution in [3.8, 4) is 0 Å². The van der Waals surface area contributed by atoms with Crippen LogP contribution in [0, 0.1) is 0 Å². The Kier molecular flexibility index (Phi) is 3.64. The standard InChI is InChI=1S/C12H19NO2S/c1-9-11(3-5-15-9)13-8-12(2,14)10-4-6-16-7-10/h4,6-7,9,11,13-14H,3,5,8H2,1-2H3. The van der Waals surface area contributed by atoms with Crippen molar-refractivity contribution in [1.82, 2.24) is 5.32 Å². The molecule has 0 spiro atoms. The Morgan fingerprint density at radius 1 is 1.69 bits per heavy atom. The SMILES string of the molecule is CC1OCCC1NCC(C)(O)c1ccsc1. The monoisotopic (exact) mass is 241 g/mol. The molecule has 0 bridgehead atoms. The van der Waals surface area contributed by atoms with E-state index in [0.717, 1.165) is 18.6 Å². The Labute approximate surface area is 100 Å². The summed E-state index contributed by atoms with van der Waals surface area (Å²) < 4.78 is 5.48. The van der Waals surface area contributed by atoms with Crippen LogP contribution in [-0.4, -0.2) is 30.4 Å². The molecule has 3 unspecified atom stereocenters. The van der Waals surface area contributed by atoms with E-state index in [0.29, 0.717) is 12.6 Å². The fourth-order valence-electron chi connectivity index (χ4n) is 2.00. The molecule has 1 aromatic rings. The molecule has 2 N–H and O–H groups in total. The Balaban J connectivity index is 1.89. The van der Waals surface area contributed by atoms with E-state index in [4.69, 9.17) is 4.74 Å². The molecule has 2 rings (SSSR count). The van der Waals surface area contributed by atoms with Crippen molar-refractivity contribution in [2.24, 2.45) is 0 Å². The summed E-state index contributed by atoms with van der Waals surface area (Å²) in [6.45, 7) is 5.31. The van der Waals surface area contributed by atoms with Crippen molar-refractivity contribution in [2.75, 3.05) is 13.2 Å². The van der Waals surface area contributed by atoms with Crippen LogP contribution in [0.2, 0.25) is 0 Å². The van der Waals surface area contributed by atoms with E-state index in [2.05, 4.69) is 12.2 Å². The smallest absolute Gasteiger partial charge is 0.1000 e. The predicted octanol–water partition coefficient (Wildman–Crippen LogP) is 1.72. The number of aliphatic hydroxyl groups is 1. The number of nitrogens with one attached hydrogen (secondary N) is 1. The highest BCUT2D eigenvalue weighted by molar-refractivity contribution is 7.08. The van der Waals surface area contributed by atoms with Gasteiger partial charge in [-0.05, 0) is 42.7 Å². The van der Waals surface area contributed by atoms with Crippen LogP contribution in [0.1, 0.15) is 25.8 Å². The van der Waals surface area contributed by atoms with Crippen LogP contribution in [0.4, 0.5) is 0 Å². The van der Waals surface area contributed by atoms with E-state index >= 15 is 0 Å². The van der Waals surface area contributed by atoms with Crippen LogP contribution in [0.15, 0.2) is 16.8 Å². The van der Waals surface area contributed by atoms with Gasteiger partial charge in [0.1, 0.15) is 0 Å². The van der Waals surface area contributed by atoms with E-state index in [1.54, 1.807) is 11.3 Å². The molecule has 0 aliphatic carbocycles. The highest BCUT2D eigenvalue weighted by Crippen LogP contribution is 2.23. The zero-order chi connectivity index (χ0) is 11.6. The molecule has 1 fully saturated rings. The fraction of sp³-hybridized carbons (Fsp3) is 0.667. The van der Waals surface area contributed by atoms with Crippen molar-refractivity contribution in [3.05, 3.63) is 22.4 Å². The van der Waals surface area contributed by atoms with E-state index in [1.165, 1.54) is 0 Å². The van der Waals surface area contributed by atoms with Crippen molar-refractivity contribution in [2.45, 2.75) is 38.0 Å². The molecule has 3 nitrogen and oxygen atoms in total. The highest BCUT2D eigenvalue weighted by Gasteiger charge is 2.28. The zero-order valence-electron chi connectivity index (χ0n) is 9.77. The zero-order valence-corrected chi connectivity index (χ0v) is 10.6. The third-order valence-corrected chi connectivity index (χ3v) is 3.91. The fourth-order valence-corrected chi connectivity index (χ4v) is 2.79. The van der Waals surface area contributed by atoms with Gasteiger partial charge in [-0.2, -0.15) is 11.3 Å². The highest BCUT2D eigenvalue weighted by atomic mass is 32.1. The molecule has 0 radical (unpaired) electrons. The summed E-state index contributed by atoms with van der Waals surface area (Å²) in [5.41, 5.74) is 0.194.